The van der Waals surface area contributed by atoms with Crippen LogP contribution in [0.1, 0.15) is 11.5 Å². The van der Waals surface area contributed by atoms with E-state index in [1.807, 2.05) is 0 Å². The Hall–Kier alpha value is -6.30. The maximum atomic E-state index is 6.80. The van der Waals surface area contributed by atoms with E-state index < -0.39 is 0 Å². The number of fused-ring (bicyclic) bond motifs is 9. The molecule has 0 bridgehead atoms. The first kappa shape index (κ1) is 28.5. The van der Waals surface area contributed by atoms with E-state index in [9.17, 15) is 0 Å². The lowest BCUT2D eigenvalue weighted by atomic mass is 9.91. The van der Waals surface area contributed by atoms with Crippen LogP contribution >= 0.6 is 11.3 Å². The van der Waals surface area contributed by atoms with Gasteiger partial charge in [0, 0.05) is 43.6 Å². The van der Waals surface area contributed by atoms with E-state index >= 15 is 0 Å². The molecule has 2 unspecified atom stereocenters. The van der Waals surface area contributed by atoms with Gasteiger partial charge in [-0.15, -0.1) is 11.3 Å². The molecule has 9 aromatic rings. The number of hydrogen-bond donors (Lipinski definition) is 0. The molecule has 4 nitrogen and oxygen atoms in total. The summed E-state index contributed by atoms with van der Waals surface area (Å²) in [5.74, 6) is 1.89. The molecule has 0 saturated heterocycles. The van der Waals surface area contributed by atoms with Crippen LogP contribution < -0.4 is 4.90 Å². The van der Waals surface area contributed by atoms with Gasteiger partial charge in [0.1, 0.15) is 11.2 Å². The lowest BCUT2D eigenvalue weighted by Crippen LogP contribution is -2.29. The molecule has 0 amide bonds. The fraction of sp³-hybridized carbons (Fsp3) is 0.0435. The van der Waals surface area contributed by atoms with Crippen LogP contribution in [0.3, 0.4) is 0 Å². The van der Waals surface area contributed by atoms with Gasteiger partial charge in [-0.1, -0.05) is 133 Å². The zero-order valence-electron chi connectivity index (χ0n) is 27.4. The number of anilines is 2. The first-order valence-corrected chi connectivity index (χ1v) is 18.1. The highest BCUT2D eigenvalue weighted by molar-refractivity contribution is 7.26. The van der Waals surface area contributed by atoms with Crippen molar-refractivity contribution in [1.82, 2.24) is 9.97 Å². The van der Waals surface area contributed by atoms with Gasteiger partial charge in [0.2, 0.25) is 0 Å². The molecule has 6 aromatic carbocycles. The number of aromatic nitrogens is 2. The van der Waals surface area contributed by atoms with Gasteiger partial charge in [-0.3, -0.25) is 0 Å². The van der Waals surface area contributed by atoms with Crippen LogP contribution in [0.5, 0.6) is 0 Å². The summed E-state index contributed by atoms with van der Waals surface area (Å²) in [6, 6.07) is 49.4. The minimum Gasteiger partial charge on any atom is -0.455 e. The van der Waals surface area contributed by atoms with E-state index in [0.717, 1.165) is 71.2 Å². The third-order valence-corrected chi connectivity index (χ3v) is 11.6. The molecule has 3 aromatic heterocycles. The molecule has 11 rings (SSSR count). The minimum atomic E-state index is 0.121. The summed E-state index contributed by atoms with van der Waals surface area (Å²) in [7, 11) is 0. The molecule has 1 aliphatic carbocycles. The quantitative estimate of drug-likeness (QED) is 0.187. The van der Waals surface area contributed by atoms with Crippen LogP contribution in [-0.2, 0) is 0 Å². The second-order valence-electron chi connectivity index (χ2n) is 13.3. The Morgan fingerprint density at radius 1 is 0.608 bits per heavy atom. The summed E-state index contributed by atoms with van der Waals surface area (Å²) in [5, 5.41) is 3.22. The van der Waals surface area contributed by atoms with Crippen molar-refractivity contribution in [2.45, 2.75) is 12.0 Å². The smallest absolute Gasteiger partial charge is 0.163 e. The van der Waals surface area contributed by atoms with E-state index in [-0.39, 0.29) is 12.0 Å². The Kier molecular flexibility index (Phi) is 6.21. The number of nitrogens with zero attached hydrogens (tertiary/aromatic N) is 3. The van der Waals surface area contributed by atoms with Crippen molar-refractivity contribution >= 4 is 65.1 Å². The highest BCUT2D eigenvalue weighted by atomic mass is 32.1. The van der Waals surface area contributed by atoms with Crippen molar-refractivity contribution < 1.29 is 4.42 Å². The van der Waals surface area contributed by atoms with Gasteiger partial charge in [-0.2, -0.15) is 0 Å². The van der Waals surface area contributed by atoms with Gasteiger partial charge in [0.05, 0.1) is 16.3 Å². The number of rotatable bonds is 4. The Labute approximate surface area is 298 Å². The fourth-order valence-electron chi connectivity index (χ4n) is 8.14. The summed E-state index contributed by atoms with van der Waals surface area (Å²) in [6.07, 6.45) is 8.96. The van der Waals surface area contributed by atoms with Crippen molar-refractivity contribution in [2.75, 3.05) is 4.90 Å². The number of allylic oxidation sites excluding steroid dienone is 2. The minimum absolute atomic E-state index is 0.121. The third-order valence-electron chi connectivity index (χ3n) is 10.4. The van der Waals surface area contributed by atoms with Crippen molar-refractivity contribution in [2.24, 2.45) is 0 Å². The number of benzene rings is 6. The summed E-state index contributed by atoms with van der Waals surface area (Å²) >= 11 is 1.77. The van der Waals surface area contributed by atoms with Gasteiger partial charge >= 0.3 is 0 Å². The average molecular weight is 672 g/mol. The molecule has 2 atom stereocenters. The summed E-state index contributed by atoms with van der Waals surface area (Å²) in [4.78, 5) is 13.4. The molecule has 0 spiro atoms. The lowest BCUT2D eigenvalue weighted by Gasteiger charge is -2.28. The second-order valence-corrected chi connectivity index (χ2v) is 14.3. The first-order chi connectivity index (χ1) is 25.3. The van der Waals surface area contributed by atoms with E-state index in [1.165, 1.54) is 16.0 Å². The van der Waals surface area contributed by atoms with Crippen LogP contribution in [0, 0.1) is 0 Å². The maximum Gasteiger partial charge on any atom is 0.163 e. The molecule has 0 fully saturated rings. The zero-order chi connectivity index (χ0) is 33.5. The van der Waals surface area contributed by atoms with Crippen LogP contribution in [0.25, 0.3) is 75.9 Å². The Bertz CT molecular complexity index is 2890. The van der Waals surface area contributed by atoms with Crippen molar-refractivity contribution in [3.63, 3.8) is 0 Å². The molecule has 0 N–H and O–H groups in total. The molecular formula is C46H29N3OS. The summed E-state index contributed by atoms with van der Waals surface area (Å²) in [5.41, 5.74) is 10.6. The number of hydrogen-bond acceptors (Lipinski definition) is 5. The monoisotopic (exact) mass is 671 g/mol. The Morgan fingerprint density at radius 3 is 2.25 bits per heavy atom. The predicted molar refractivity (Wildman–Crippen MR) is 212 cm³/mol. The molecule has 5 heteroatoms. The largest absolute Gasteiger partial charge is 0.455 e. The molecule has 2 aliphatic rings. The maximum absolute atomic E-state index is 6.80. The lowest BCUT2D eigenvalue weighted by molar-refractivity contribution is 0.670. The van der Waals surface area contributed by atoms with Crippen LogP contribution in [-0.4, -0.2) is 16.0 Å². The topological polar surface area (TPSA) is 42.2 Å². The SMILES string of the molecule is C1=CC2c3ccccc3N(c3nc(-c4cccc5oc6c(-c7ccccc7)cc(-c7ccccc7)cc6c45)nc4c3sc3ccccc34)C2C=C1. The Balaban J connectivity index is 1.22. The van der Waals surface area contributed by atoms with Gasteiger partial charge < -0.3 is 9.32 Å². The third kappa shape index (κ3) is 4.32. The summed E-state index contributed by atoms with van der Waals surface area (Å²) < 4.78 is 9.10. The molecule has 51 heavy (non-hydrogen) atoms. The number of thiophene rings is 1. The van der Waals surface area contributed by atoms with E-state index in [1.54, 1.807) is 11.3 Å². The van der Waals surface area contributed by atoms with Gasteiger partial charge in [-0.25, -0.2) is 9.97 Å². The normalized spacial score (nSPS) is 16.4. The van der Waals surface area contributed by atoms with E-state index in [2.05, 4.69) is 169 Å². The zero-order valence-corrected chi connectivity index (χ0v) is 28.2. The molecule has 4 heterocycles. The molecule has 0 saturated carbocycles. The van der Waals surface area contributed by atoms with Crippen molar-refractivity contribution in [1.29, 1.82) is 0 Å². The van der Waals surface area contributed by atoms with Gasteiger partial charge in [0.25, 0.3) is 0 Å². The molecular weight excluding hydrogens is 643 g/mol. The number of para-hydroxylation sites is 1. The van der Waals surface area contributed by atoms with Crippen molar-refractivity contribution in [3.05, 3.63) is 169 Å². The van der Waals surface area contributed by atoms with Crippen molar-refractivity contribution in [3.8, 4) is 33.6 Å². The first-order valence-electron chi connectivity index (χ1n) is 17.3. The predicted octanol–water partition coefficient (Wildman–Crippen LogP) is 12.5. The molecule has 0 radical (unpaired) electrons. The standard InChI is InChI=1S/C46H29N3OS/c1-3-14-28(15-4-1)30-26-35(29-16-5-2-6-17-29)43-36(27-30)41-34(21-13-24-39(41)50-43)45-47-42-33-20-9-12-25-40(33)51-44(42)46(48-45)49-37-22-10-7-18-31(37)32-19-8-11-23-38(32)49/h1-27,31,37H. The number of furan rings is 1. The van der Waals surface area contributed by atoms with Crippen LogP contribution in [0.2, 0.25) is 0 Å². The van der Waals surface area contributed by atoms with Gasteiger partial charge in [0.15, 0.2) is 11.6 Å². The van der Waals surface area contributed by atoms with E-state index in [0.29, 0.717) is 5.82 Å². The van der Waals surface area contributed by atoms with E-state index in [4.69, 9.17) is 14.4 Å². The Morgan fingerprint density at radius 2 is 1.37 bits per heavy atom. The van der Waals surface area contributed by atoms with Crippen LogP contribution in [0.4, 0.5) is 11.5 Å². The van der Waals surface area contributed by atoms with Gasteiger partial charge in [-0.05, 0) is 52.6 Å². The summed E-state index contributed by atoms with van der Waals surface area (Å²) in [6.45, 7) is 0. The average Bonchev–Trinajstić information content (AvgIpc) is 3.88. The highest BCUT2D eigenvalue weighted by Crippen LogP contribution is 2.51. The molecule has 1 aliphatic heterocycles. The second kappa shape index (κ2) is 11.1. The van der Waals surface area contributed by atoms with Crippen LogP contribution in [0.15, 0.2) is 168 Å². The highest BCUT2D eigenvalue weighted by Gasteiger charge is 2.39. The molecule has 240 valence electrons. The fourth-order valence-corrected chi connectivity index (χ4v) is 9.27.